The predicted molar refractivity (Wildman–Crippen MR) is 96.3 cm³/mol. The van der Waals surface area contributed by atoms with Gasteiger partial charge in [-0.05, 0) is 36.6 Å². The number of rotatable bonds is 10. The van der Waals surface area contributed by atoms with Crippen LogP contribution in [0.25, 0.3) is 11.5 Å². The Morgan fingerprint density at radius 2 is 2.00 bits per heavy atom. The van der Waals surface area contributed by atoms with E-state index in [4.69, 9.17) is 9.15 Å². The number of carbonyl (C=O) groups is 2. The average Bonchev–Trinajstić information content (AvgIpc) is 3.21. The molecule has 140 valence electrons. The third-order valence-corrected chi connectivity index (χ3v) is 4.19. The van der Waals surface area contributed by atoms with E-state index in [-0.39, 0.29) is 12.5 Å². The van der Waals surface area contributed by atoms with Crippen LogP contribution in [-0.4, -0.2) is 35.2 Å². The number of unbranched alkanes of at least 4 members (excludes halogenated alkanes) is 1. The van der Waals surface area contributed by atoms with Crippen molar-refractivity contribution in [1.29, 1.82) is 0 Å². The first-order chi connectivity index (χ1) is 12.6. The molecule has 0 bridgehead atoms. The van der Waals surface area contributed by atoms with E-state index in [2.05, 4.69) is 29.4 Å². The highest BCUT2D eigenvalue weighted by Crippen LogP contribution is 2.17. The van der Waals surface area contributed by atoms with Crippen molar-refractivity contribution in [2.75, 3.05) is 13.2 Å². The van der Waals surface area contributed by atoms with Crippen molar-refractivity contribution in [3.05, 3.63) is 36.2 Å². The number of ether oxygens (including phenoxy) is 1. The lowest BCUT2D eigenvalue weighted by atomic mass is 9.99. The fraction of sp³-hybridized carbons (Fsp3) is 0.474. The van der Waals surface area contributed by atoms with Crippen LogP contribution in [0.3, 0.4) is 0 Å². The topological polar surface area (TPSA) is 94.3 Å². The highest BCUT2D eigenvalue weighted by atomic mass is 16.5. The first-order valence-corrected chi connectivity index (χ1v) is 8.94. The second-order valence-electron chi connectivity index (χ2n) is 6.12. The maximum absolute atomic E-state index is 12.0. The number of aromatic nitrogens is 2. The number of amides is 1. The Morgan fingerprint density at radius 1 is 1.23 bits per heavy atom. The predicted octanol–water partition coefficient (Wildman–Crippen LogP) is 3.23. The van der Waals surface area contributed by atoms with Gasteiger partial charge in [-0.15, -0.1) is 10.2 Å². The SMILES string of the molecule is CCCC[C@H](CC)CNC(=O)COC(=O)c1ccc(-c2nnco2)cc1. The minimum absolute atomic E-state index is 0.282. The van der Waals surface area contributed by atoms with Gasteiger partial charge in [0, 0.05) is 12.1 Å². The third-order valence-electron chi connectivity index (χ3n) is 4.19. The van der Waals surface area contributed by atoms with Crippen LogP contribution in [0.1, 0.15) is 49.9 Å². The zero-order valence-electron chi connectivity index (χ0n) is 15.2. The zero-order valence-corrected chi connectivity index (χ0v) is 15.2. The minimum Gasteiger partial charge on any atom is -0.452 e. The van der Waals surface area contributed by atoms with Crippen LogP contribution in [0.15, 0.2) is 35.1 Å². The number of carbonyl (C=O) groups excluding carboxylic acids is 2. The molecule has 0 fully saturated rings. The lowest BCUT2D eigenvalue weighted by molar-refractivity contribution is -0.124. The number of esters is 1. The molecule has 0 saturated heterocycles. The summed E-state index contributed by atoms with van der Waals surface area (Å²) in [5, 5.41) is 10.2. The molecule has 1 heterocycles. The summed E-state index contributed by atoms with van der Waals surface area (Å²) in [6.45, 7) is 4.60. The van der Waals surface area contributed by atoms with E-state index in [0.717, 1.165) is 25.7 Å². The van der Waals surface area contributed by atoms with E-state index in [9.17, 15) is 9.59 Å². The molecule has 1 N–H and O–H groups in total. The Kier molecular flexibility index (Phi) is 7.79. The molecule has 2 rings (SSSR count). The van der Waals surface area contributed by atoms with Gasteiger partial charge in [0.05, 0.1) is 5.56 Å². The second kappa shape index (κ2) is 10.3. The molecule has 1 atom stereocenters. The van der Waals surface area contributed by atoms with Crippen molar-refractivity contribution in [3.63, 3.8) is 0 Å². The summed E-state index contributed by atoms with van der Waals surface area (Å²) >= 11 is 0. The zero-order chi connectivity index (χ0) is 18.8. The van der Waals surface area contributed by atoms with Gasteiger partial charge in [0.25, 0.3) is 5.91 Å². The van der Waals surface area contributed by atoms with E-state index in [1.807, 2.05) is 0 Å². The summed E-state index contributed by atoms with van der Waals surface area (Å²) in [7, 11) is 0. The first-order valence-electron chi connectivity index (χ1n) is 8.94. The monoisotopic (exact) mass is 359 g/mol. The van der Waals surface area contributed by atoms with Crippen LogP contribution in [0, 0.1) is 5.92 Å². The van der Waals surface area contributed by atoms with E-state index >= 15 is 0 Å². The van der Waals surface area contributed by atoms with Gasteiger partial charge in [-0.3, -0.25) is 4.79 Å². The maximum atomic E-state index is 12.0. The van der Waals surface area contributed by atoms with Crippen molar-refractivity contribution in [1.82, 2.24) is 15.5 Å². The molecule has 1 aromatic heterocycles. The molecule has 0 radical (unpaired) electrons. The number of hydrogen-bond donors (Lipinski definition) is 1. The lowest BCUT2D eigenvalue weighted by Gasteiger charge is -2.15. The summed E-state index contributed by atoms with van der Waals surface area (Å²) in [5.74, 6) is 0.00993. The normalized spacial score (nSPS) is 11.8. The quantitative estimate of drug-likeness (QED) is 0.655. The van der Waals surface area contributed by atoms with Gasteiger partial charge in [-0.25, -0.2) is 4.79 Å². The molecule has 26 heavy (non-hydrogen) atoms. The number of benzene rings is 1. The van der Waals surface area contributed by atoms with Crippen molar-refractivity contribution < 1.29 is 18.7 Å². The second-order valence-corrected chi connectivity index (χ2v) is 6.12. The van der Waals surface area contributed by atoms with Crippen LogP contribution in [0.4, 0.5) is 0 Å². The molecule has 0 unspecified atom stereocenters. The molecule has 0 aliphatic carbocycles. The number of nitrogens with zero attached hydrogens (tertiary/aromatic N) is 2. The molecule has 0 aliphatic rings. The smallest absolute Gasteiger partial charge is 0.338 e. The van der Waals surface area contributed by atoms with Crippen molar-refractivity contribution >= 4 is 11.9 Å². The Hall–Kier alpha value is -2.70. The molecule has 1 aromatic carbocycles. The summed E-state index contributed by atoms with van der Waals surface area (Å²) in [5.41, 5.74) is 1.06. The Labute approximate surface area is 153 Å². The summed E-state index contributed by atoms with van der Waals surface area (Å²) in [4.78, 5) is 23.9. The Bertz CT molecular complexity index is 683. The van der Waals surface area contributed by atoms with Gasteiger partial charge < -0.3 is 14.5 Å². The van der Waals surface area contributed by atoms with Gasteiger partial charge in [0.2, 0.25) is 12.3 Å². The van der Waals surface area contributed by atoms with Crippen LogP contribution in [0.5, 0.6) is 0 Å². The van der Waals surface area contributed by atoms with Crippen LogP contribution < -0.4 is 5.32 Å². The standard InChI is InChI=1S/C19H25N3O4/c1-3-5-6-14(4-2)11-20-17(23)12-25-19(24)16-9-7-15(8-10-16)18-22-21-13-26-18/h7-10,13-14H,3-6,11-12H2,1-2H3,(H,20,23)/t14-/m0/s1. The molecule has 2 aromatic rings. The molecular weight excluding hydrogens is 334 g/mol. The van der Waals surface area contributed by atoms with Gasteiger partial charge in [-0.1, -0.05) is 33.1 Å². The Morgan fingerprint density at radius 3 is 2.62 bits per heavy atom. The van der Waals surface area contributed by atoms with E-state index in [0.29, 0.717) is 29.5 Å². The van der Waals surface area contributed by atoms with Crippen LogP contribution in [0.2, 0.25) is 0 Å². The molecule has 7 nitrogen and oxygen atoms in total. The highest BCUT2D eigenvalue weighted by molar-refractivity contribution is 5.91. The van der Waals surface area contributed by atoms with Crippen molar-refractivity contribution in [2.45, 2.75) is 39.5 Å². The highest BCUT2D eigenvalue weighted by Gasteiger charge is 2.13. The lowest BCUT2D eigenvalue weighted by Crippen LogP contribution is -2.32. The number of nitrogens with one attached hydrogen (secondary N) is 1. The van der Waals surface area contributed by atoms with E-state index < -0.39 is 5.97 Å². The average molecular weight is 359 g/mol. The first kappa shape index (κ1) is 19.6. The van der Waals surface area contributed by atoms with Gasteiger partial charge in [-0.2, -0.15) is 0 Å². The van der Waals surface area contributed by atoms with Crippen molar-refractivity contribution in [3.8, 4) is 11.5 Å². The minimum atomic E-state index is -0.546. The summed E-state index contributed by atoms with van der Waals surface area (Å²) in [6, 6.07) is 6.56. The fourth-order valence-corrected chi connectivity index (χ4v) is 2.51. The summed E-state index contributed by atoms with van der Waals surface area (Å²) in [6.07, 6.45) is 5.66. The summed E-state index contributed by atoms with van der Waals surface area (Å²) < 4.78 is 10.2. The molecule has 0 spiro atoms. The van der Waals surface area contributed by atoms with Crippen LogP contribution >= 0.6 is 0 Å². The molecule has 1 amide bonds. The maximum Gasteiger partial charge on any atom is 0.338 e. The Balaban J connectivity index is 1.76. The molecule has 7 heteroatoms. The molecule has 0 aliphatic heterocycles. The van der Waals surface area contributed by atoms with Gasteiger partial charge in [0.1, 0.15) is 0 Å². The van der Waals surface area contributed by atoms with Crippen molar-refractivity contribution in [2.24, 2.45) is 5.92 Å². The fourth-order valence-electron chi connectivity index (χ4n) is 2.51. The van der Waals surface area contributed by atoms with Gasteiger partial charge >= 0.3 is 5.97 Å². The van der Waals surface area contributed by atoms with E-state index in [1.54, 1.807) is 24.3 Å². The van der Waals surface area contributed by atoms with Crippen LogP contribution in [-0.2, 0) is 9.53 Å². The van der Waals surface area contributed by atoms with Gasteiger partial charge in [0.15, 0.2) is 6.61 Å². The van der Waals surface area contributed by atoms with E-state index in [1.165, 1.54) is 6.39 Å². The number of hydrogen-bond acceptors (Lipinski definition) is 6. The molecular formula is C19H25N3O4. The third kappa shape index (κ3) is 5.98. The largest absolute Gasteiger partial charge is 0.452 e. The molecule has 0 saturated carbocycles.